The molecule has 6 rings (SSSR count). The zero-order valence-electron chi connectivity index (χ0n) is 16.7. The minimum absolute atomic E-state index is 0.0241. The third kappa shape index (κ3) is 2.87. The van der Waals surface area contributed by atoms with E-state index in [1.165, 1.54) is 0 Å². The van der Waals surface area contributed by atoms with Crippen LogP contribution in [-0.4, -0.2) is 15.8 Å². The summed E-state index contributed by atoms with van der Waals surface area (Å²) in [6.45, 7) is 2.02. The minimum Gasteiger partial charge on any atom is -0.354 e. The topological polar surface area (TPSA) is 45.8 Å². The van der Waals surface area contributed by atoms with Crippen LogP contribution >= 0.6 is 15.9 Å². The normalized spacial score (nSPS) is 11.7. The number of aromatic amines is 1. The zero-order valence-corrected chi connectivity index (χ0v) is 18.3. The van der Waals surface area contributed by atoms with Crippen LogP contribution in [0, 0.1) is 6.92 Å². The van der Waals surface area contributed by atoms with E-state index in [0.29, 0.717) is 11.1 Å². The fourth-order valence-electron chi connectivity index (χ4n) is 4.32. The lowest BCUT2D eigenvalue weighted by Crippen LogP contribution is -2.05. The van der Waals surface area contributed by atoms with Crippen LogP contribution in [0.1, 0.15) is 21.5 Å². The molecule has 0 aliphatic carbocycles. The summed E-state index contributed by atoms with van der Waals surface area (Å²) in [4.78, 5) is 22.2. The minimum atomic E-state index is -0.0241. The fourth-order valence-corrected chi connectivity index (χ4v) is 4.68. The first-order chi connectivity index (χ1) is 15.1. The molecule has 0 unspecified atom stereocenters. The van der Waals surface area contributed by atoms with Crippen LogP contribution in [-0.2, 0) is 0 Å². The van der Waals surface area contributed by atoms with Crippen molar-refractivity contribution in [2.45, 2.75) is 6.92 Å². The van der Waals surface area contributed by atoms with E-state index in [-0.39, 0.29) is 5.78 Å². The molecule has 0 fully saturated rings. The molecule has 4 aromatic carbocycles. The van der Waals surface area contributed by atoms with Crippen LogP contribution in [0.4, 0.5) is 0 Å². The summed E-state index contributed by atoms with van der Waals surface area (Å²) < 4.78 is 1.00. The lowest BCUT2D eigenvalue weighted by Gasteiger charge is -2.10. The van der Waals surface area contributed by atoms with Gasteiger partial charge in [-0.25, -0.2) is 4.98 Å². The predicted octanol–water partition coefficient (Wildman–Crippen LogP) is 7.32. The molecule has 0 saturated carbocycles. The van der Waals surface area contributed by atoms with Gasteiger partial charge >= 0.3 is 0 Å². The van der Waals surface area contributed by atoms with Crippen LogP contribution in [0.15, 0.2) is 83.3 Å². The summed E-state index contributed by atoms with van der Waals surface area (Å²) in [6.07, 6.45) is 0. The molecule has 1 N–H and O–H groups in total. The molecular weight excluding hydrogens is 448 g/mol. The molecule has 148 valence electrons. The highest BCUT2D eigenvalue weighted by molar-refractivity contribution is 9.10. The molecule has 3 nitrogen and oxygen atoms in total. The van der Waals surface area contributed by atoms with Gasteiger partial charge in [-0.3, -0.25) is 4.79 Å². The van der Waals surface area contributed by atoms with Crippen molar-refractivity contribution in [3.05, 3.63) is 100 Å². The number of rotatable bonds is 2. The molecule has 0 amide bonds. The van der Waals surface area contributed by atoms with E-state index in [0.717, 1.165) is 53.6 Å². The maximum absolute atomic E-state index is 13.8. The number of hydrogen-bond acceptors (Lipinski definition) is 2. The van der Waals surface area contributed by atoms with E-state index in [1.807, 2.05) is 61.5 Å². The number of carbonyl (C=O) groups excluding carboxylic acids is 1. The van der Waals surface area contributed by atoms with Crippen LogP contribution in [0.5, 0.6) is 0 Å². The second-order valence-electron chi connectivity index (χ2n) is 7.94. The Morgan fingerprint density at radius 1 is 0.871 bits per heavy atom. The molecular formula is C27H17BrN2O. The Bertz CT molecular complexity index is 1660. The second-order valence-corrected chi connectivity index (χ2v) is 8.85. The molecule has 6 aromatic rings. The monoisotopic (exact) mass is 464 g/mol. The molecule has 0 bridgehead atoms. The van der Waals surface area contributed by atoms with Gasteiger partial charge < -0.3 is 4.98 Å². The van der Waals surface area contributed by atoms with Gasteiger partial charge in [-0.05, 0) is 43.3 Å². The highest BCUT2D eigenvalue weighted by atomic mass is 79.9. The Morgan fingerprint density at radius 2 is 1.68 bits per heavy atom. The molecule has 0 aliphatic rings. The van der Waals surface area contributed by atoms with Gasteiger partial charge in [0.05, 0.1) is 22.1 Å². The fraction of sp³-hybridized carbons (Fsp3) is 0.0370. The van der Waals surface area contributed by atoms with Crippen molar-refractivity contribution in [2.24, 2.45) is 0 Å². The van der Waals surface area contributed by atoms with Crippen molar-refractivity contribution in [1.29, 1.82) is 0 Å². The van der Waals surface area contributed by atoms with Gasteiger partial charge in [0, 0.05) is 37.1 Å². The van der Waals surface area contributed by atoms with Crippen LogP contribution in [0.25, 0.3) is 43.6 Å². The molecule has 0 radical (unpaired) electrons. The number of ketones is 1. The first-order valence-corrected chi connectivity index (χ1v) is 10.9. The number of carbonyl (C=O) groups is 1. The van der Waals surface area contributed by atoms with Crippen molar-refractivity contribution in [3.63, 3.8) is 0 Å². The van der Waals surface area contributed by atoms with Crippen molar-refractivity contribution >= 4 is 65.3 Å². The molecule has 4 heteroatoms. The number of H-pyrrole nitrogens is 1. The number of nitrogens with one attached hydrogen (secondary N) is 1. The Kier molecular flexibility index (Phi) is 3.99. The summed E-state index contributed by atoms with van der Waals surface area (Å²) in [7, 11) is 0. The third-order valence-electron chi connectivity index (χ3n) is 5.88. The first-order valence-electron chi connectivity index (χ1n) is 10.1. The van der Waals surface area contributed by atoms with E-state index in [4.69, 9.17) is 4.98 Å². The van der Waals surface area contributed by atoms with Gasteiger partial charge in [-0.2, -0.15) is 0 Å². The Morgan fingerprint density at radius 3 is 2.52 bits per heavy atom. The maximum atomic E-state index is 13.8. The van der Waals surface area contributed by atoms with Crippen molar-refractivity contribution < 1.29 is 4.79 Å². The first kappa shape index (κ1) is 18.3. The van der Waals surface area contributed by atoms with Gasteiger partial charge in [0.1, 0.15) is 0 Å². The number of aryl methyl sites for hydroxylation is 1. The number of pyridine rings is 1. The molecule has 0 saturated heterocycles. The molecule has 2 aromatic heterocycles. The quantitative estimate of drug-likeness (QED) is 0.215. The summed E-state index contributed by atoms with van der Waals surface area (Å²) in [5.74, 6) is -0.0241. The van der Waals surface area contributed by atoms with E-state index in [9.17, 15) is 4.79 Å². The molecule has 0 spiro atoms. The number of para-hydroxylation sites is 1. The lowest BCUT2D eigenvalue weighted by atomic mass is 9.96. The number of nitrogens with zero attached hydrogens (tertiary/aromatic N) is 1. The predicted molar refractivity (Wildman–Crippen MR) is 131 cm³/mol. The number of benzene rings is 4. The average molecular weight is 465 g/mol. The van der Waals surface area contributed by atoms with Crippen LogP contribution in [0.3, 0.4) is 0 Å². The third-order valence-corrected chi connectivity index (χ3v) is 6.37. The summed E-state index contributed by atoms with van der Waals surface area (Å²) in [5, 5.41) is 4.13. The van der Waals surface area contributed by atoms with E-state index in [1.54, 1.807) is 0 Å². The Hall–Kier alpha value is -3.50. The SMILES string of the molecule is Cc1ccc(C(=O)c2c3nc4ccccc4cc3cc3c2[nH]c2ccc(Br)cc23)cc1. The maximum Gasteiger partial charge on any atom is 0.197 e. The largest absolute Gasteiger partial charge is 0.354 e. The smallest absolute Gasteiger partial charge is 0.197 e. The zero-order chi connectivity index (χ0) is 21.1. The number of fused-ring (bicyclic) bond motifs is 5. The van der Waals surface area contributed by atoms with Crippen LogP contribution < -0.4 is 0 Å². The highest BCUT2D eigenvalue weighted by Gasteiger charge is 2.21. The van der Waals surface area contributed by atoms with Gasteiger partial charge in [0.15, 0.2) is 5.78 Å². The summed E-state index contributed by atoms with van der Waals surface area (Å²) >= 11 is 3.58. The number of hydrogen-bond donors (Lipinski definition) is 1. The second kappa shape index (κ2) is 6.76. The van der Waals surface area contributed by atoms with Gasteiger partial charge in [-0.15, -0.1) is 0 Å². The highest BCUT2D eigenvalue weighted by Crippen LogP contribution is 2.36. The van der Waals surface area contributed by atoms with Gasteiger partial charge in [0.25, 0.3) is 0 Å². The molecule has 2 heterocycles. The van der Waals surface area contributed by atoms with Crippen molar-refractivity contribution in [1.82, 2.24) is 9.97 Å². The van der Waals surface area contributed by atoms with Crippen molar-refractivity contribution in [2.75, 3.05) is 0 Å². The van der Waals surface area contributed by atoms with Gasteiger partial charge in [-0.1, -0.05) is 64.0 Å². The van der Waals surface area contributed by atoms with E-state index in [2.05, 4.69) is 45.2 Å². The van der Waals surface area contributed by atoms with Crippen LogP contribution in [0.2, 0.25) is 0 Å². The summed E-state index contributed by atoms with van der Waals surface area (Å²) in [6, 6.07) is 26.2. The number of halogens is 1. The Balaban J connectivity index is 1.78. The lowest BCUT2D eigenvalue weighted by molar-refractivity contribution is 0.104. The van der Waals surface area contributed by atoms with Crippen molar-refractivity contribution in [3.8, 4) is 0 Å². The summed E-state index contributed by atoms with van der Waals surface area (Å²) in [5.41, 5.74) is 5.83. The standard InChI is InChI=1S/C27H17BrN2O/c1-15-6-8-16(9-7-15)27(31)24-25-18(12-17-4-2-3-5-22(17)29-25)13-21-20-14-19(28)10-11-23(20)30-26(21)24/h2-14,30H,1H3. The average Bonchev–Trinajstić information content (AvgIpc) is 3.13. The molecule has 0 aliphatic heterocycles. The van der Waals surface area contributed by atoms with E-state index >= 15 is 0 Å². The van der Waals surface area contributed by atoms with E-state index < -0.39 is 0 Å². The Labute approximate surface area is 186 Å². The molecule has 0 atom stereocenters. The molecule has 31 heavy (non-hydrogen) atoms. The van der Waals surface area contributed by atoms with Gasteiger partial charge in [0.2, 0.25) is 0 Å². The number of aromatic nitrogens is 2.